The second kappa shape index (κ2) is 8.63. The smallest absolute Gasteiger partial charge is 0.118 e. The molecular formula is C23H19ClN4O. The summed E-state index contributed by atoms with van der Waals surface area (Å²) in [5, 5.41) is 9.80. The summed E-state index contributed by atoms with van der Waals surface area (Å²) in [6.07, 6.45) is 3.71. The van der Waals surface area contributed by atoms with Crippen molar-refractivity contribution in [2.75, 3.05) is 12.5 Å². The van der Waals surface area contributed by atoms with E-state index in [9.17, 15) is 0 Å². The van der Waals surface area contributed by atoms with Crippen LogP contribution >= 0.6 is 11.6 Å². The van der Waals surface area contributed by atoms with Crippen LogP contribution in [0, 0.1) is 0 Å². The lowest BCUT2D eigenvalue weighted by molar-refractivity contribution is 0.415. The quantitative estimate of drug-likeness (QED) is 0.335. The van der Waals surface area contributed by atoms with Gasteiger partial charge in [-0.2, -0.15) is 10.2 Å². The molecule has 0 aliphatic carbocycles. The van der Waals surface area contributed by atoms with E-state index in [0.29, 0.717) is 5.02 Å². The summed E-state index contributed by atoms with van der Waals surface area (Å²) in [5.41, 5.74) is 7.49. The van der Waals surface area contributed by atoms with Gasteiger partial charge in [-0.05, 0) is 54.6 Å². The molecule has 0 aliphatic rings. The zero-order valence-electron chi connectivity index (χ0n) is 15.8. The Morgan fingerprint density at radius 3 is 2.52 bits per heavy atom. The van der Waals surface area contributed by atoms with Crippen molar-refractivity contribution in [2.24, 2.45) is 5.10 Å². The number of nitrogens with zero attached hydrogens (tertiary/aromatic N) is 3. The van der Waals surface area contributed by atoms with E-state index in [0.717, 1.165) is 33.9 Å². The molecule has 1 N–H and O–H groups in total. The van der Waals surface area contributed by atoms with Crippen LogP contribution in [0.5, 0.6) is 5.75 Å². The number of anilines is 1. The Labute approximate surface area is 174 Å². The first-order valence-electron chi connectivity index (χ1n) is 9.07. The van der Waals surface area contributed by atoms with E-state index in [-0.39, 0.29) is 0 Å². The minimum atomic E-state index is 0.654. The van der Waals surface area contributed by atoms with Crippen LogP contribution in [0.15, 0.2) is 90.2 Å². The van der Waals surface area contributed by atoms with Gasteiger partial charge in [0.25, 0.3) is 0 Å². The number of ether oxygens (including phenoxy) is 1. The molecule has 1 aromatic heterocycles. The minimum absolute atomic E-state index is 0.654. The molecule has 0 fully saturated rings. The summed E-state index contributed by atoms with van der Waals surface area (Å²) >= 11 is 6.03. The number of aromatic nitrogens is 2. The lowest BCUT2D eigenvalue weighted by Gasteiger charge is -2.03. The topological polar surface area (TPSA) is 51.4 Å². The Bertz CT molecular complexity index is 1120. The van der Waals surface area contributed by atoms with Crippen molar-refractivity contribution in [3.8, 4) is 22.7 Å². The molecule has 1 heterocycles. The maximum Gasteiger partial charge on any atom is 0.118 e. The van der Waals surface area contributed by atoms with Gasteiger partial charge in [-0.15, -0.1) is 0 Å². The molecule has 0 atom stereocenters. The lowest BCUT2D eigenvalue weighted by Crippen LogP contribution is -1.94. The second-order valence-electron chi connectivity index (χ2n) is 6.32. The van der Waals surface area contributed by atoms with Gasteiger partial charge in [-0.1, -0.05) is 35.9 Å². The maximum absolute atomic E-state index is 6.03. The Kier molecular flexibility index (Phi) is 5.59. The Hall–Kier alpha value is -3.57. The van der Waals surface area contributed by atoms with Crippen LogP contribution in [-0.4, -0.2) is 23.1 Å². The summed E-state index contributed by atoms with van der Waals surface area (Å²) in [6, 6.07) is 25.2. The molecule has 0 amide bonds. The summed E-state index contributed by atoms with van der Waals surface area (Å²) in [7, 11) is 1.65. The number of halogens is 1. The van der Waals surface area contributed by atoms with Gasteiger partial charge in [0.1, 0.15) is 11.4 Å². The van der Waals surface area contributed by atoms with E-state index >= 15 is 0 Å². The highest BCUT2D eigenvalue weighted by Gasteiger charge is 2.11. The van der Waals surface area contributed by atoms with Crippen LogP contribution in [0.4, 0.5) is 5.69 Å². The standard InChI is InChI=1S/C23H19ClN4O/c1-29-22-12-10-17(11-13-22)23-18(15-25-26-20-7-5-6-19(24)14-20)16-28(27-23)21-8-3-2-4-9-21/h2-16,26H,1H3/b25-15-. The van der Waals surface area contributed by atoms with Crippen molar-refractivity contribution in [3.05, 3.63) is 95.6 Å². The van der Waals surface area contributed by atoms with Crippen molar-refractivity contribution in [1.29, 1.82) is 0 Å². The first-order valence-corrected chi connectivity index (χ1v) is 9.45. The highest BCUT2D eigenvalue weighted by molar-refractivity contribution is 6.30. The zero-order chi connectivity index (χ0) is 20.1. The van der Waals surface area contributed by atoms with E-state index in [1.807, 2.05) is 89.7 Å². The van der Waals surface area contributed by atoms with Crippen molar-refractivity contribution in [1.82, 2.24) is 9.78 Å². The molecule has 4 rings (SSSR count). The molecule has 0 aliphatic heterocycles. The summed E-state index contributed by atoms with van der Waals surface area (Å²) < 4.78 is 7.11. The lowest BCUT2D eigenvalue weighted by atomic mass is 10.1. The van der Waals surface area contributed by atoms with Crippen LogP contribution in [0.25, 0.3) is 16.9 Å². The third-order valence-electron chi connectivity index (χ3n) is 4.35. The van der Waals surface area contributed by atoms with Gasteiger partial charge in [0.05, 0.1) is 24.7 Å². The van der Waals surface area contributed by atoms with Crippen LogP contribution in [-0.2, 0) is 0 Å². The van der Waals surface area contributed by atoms with E-state index in [1.165, 1.54) is 0 Å². The molecule has 0 radical (unpaired) electrons. The number of hydrogen-bond donors (Lipinski definition) is 1. The Morgan fingerprint density at radius 1 is 1.00 bits per heavy atom. The third-order valence-corrected chi connectivity index (χ3v) is 4.58. The molecule has 4 aromatic rings. The Morgan fingerprint density at radius 2 is 1.79 bits per heavy atom. The van der Waals surface area contributed by atoms with Crippen molar-refractivity contribution < 1.29 is 4.74 Å². The molecule has 0 saturated heterocycles. The molecule has 0 saturated carbocycles. The fourth-order valence-electron chi connectivity index (χ4n) is 2.90. The van der Waals surface area contributed by atoms with Gasteiger partial charge in [0.15, 0.2) is 0 Å². The van der Waals surface area contributed by atoms with E-state index in [2.05, 4.69) is 10.5 Å². The van der Waals surface area contributed by atoms with Crippen LogP contribution < -0.4 is 10.2 Å². The SMILES string of the molecule is COc1ccc(-c2nn(-c3ccccc3)cc2/C=N\Nc2cccc(Cl)c2)cc1. The molecule has 5 nitrogen and oxygen atoms in total. The molecule has 144 valence electrons. The molecule has 0 unspecified atom stereocenters. The third kappa shape index (κ3) is 4.47. The van der Waals surface area contributed by atoms with E-state index in [1.54, 1.807) is 13.3 Å². The molecule has 0 spiro atoms. The monoisotopic (exact) mass is 402 g/mol. The van der Waals surface area contributed by atoms with Gasteiger partial charge in [-0.3, -0.25) is 5.43 Å². The van der Waals surface area contributed by atoms with Crippen LogP contribution in [0.1, 0.15) is 5.56 Å². The van der Waals surface area contributed by atoms with Gasteiger partial charge in [0.2, 0.25) is 0 Å². The van der Waals surface area contributed by atoms with E-state index in [4.69, 9.17) is 21.4 Å². The van der Waals surface area contributed by atoms with E-state index < -0.39 is 0 Å². The predicted molar refractivity (Wildman–Crippen MR) is 118 cm³/mol. The predicted octanol–water partition coefficient (Wildman–Crippen LogP) is 5.65. The van der Waals surface area contributed by atoms with Gasteiger partial charge in [0, 0.05) is 22.3 Å². The molecule has 3 aromatic carbocycles. The number of para-hydroxylation sites is 1. The number of hydrogen-bond acceptors (Lipinski definition) is 4. The van der Waals surface area contributed by atoms with Gasteiger partial charge >= 0.3 is 0 Å². The van der Waals surface area contributed by atoms with Crippen LogP contribution in [0.3, 0.4) is 0 Å². The Balaban J connectivity index is 1.68. The molecule has 6 heteroatoms. The van der Waals surface area contributed by atoms with Crippen molar-refractivity contribution in [2.45, 2.75) is 0 Å². The second-order valence-corrected chi connectivity index (χ2v) is 6.76. The summed E-state index contributed by atoms with van der Waals surface area (Å²) in [4.78, 5) is 0. The largest absolute Gasteiger partial charge is 0.497 e. The number of methoxy groups -OCH3 is 1. The summed E-state index contributed by atoms with van der Waals surface area (Å²) in [5.74, 6) is 0.800. The normalized spacial score (nSPS) is 11.0. The number of hydrazone groups is 1. The van der Waals surface area contributed by atoms with Crippen LogP contribution in [0.2, 0.25) is 5.02 Å². The highest BCUT2D eigenvalue weighted by atomic mass is 35.5. The summed E-state index contributed by atoms with van der Waals surface area (Å²) in [6.45, 7) is 0. The van der Waals surface area contributed by atoms with Crippen molar-refractivity contribution in [3.63, 3.8) is 0 Å². The fourth-order valence-corrected chi connectivity index (χ4v) is 3.09. The number of rotatable bonds is 6. The number of nitrogens with one attached hydrogen (secondary N) is 1. The van der Waals surface area contributed by atoms with Gasteiger partial charge in [-0.25, -0.2) is 4.68 Å². The maximum atomic E-state index is 6.03. The molecule has 0 bridgehead atoms. The average Bonchev–Trinajstić information content (AvgIpc) is 3.19. The fraction of sp³-hybridized carbons (Fsp3) is 0.0435. The molecule has 29 heavy (non-hydrogen) atoms. The first kappa shape index (κ1) is 18.8. The van der Waals surface area contributed by atoms with Gasteiger partial charge < -0.3 is 4.74 Å². The zero-order valence-corrected chi connectivity index (χ0v) is 16.5. The van der Waals surface area contributed by atoms with Crippen molar-refractivity contribution >= 4 is 23.5 Å². The average molecular weight is 403 g/mol. The minimum Gasteiger partial charge on any atom is -0.497 e. The highest BCUT2D eigenvalue weighted by Crippen LogP contribution is 2.25. The number of benzene rings is 3. The molecular weight excluding hydrogens is 384 g/mol. The first-order chi connectivity index (χ1) is 14.2.